The number of carboxylic acids is 1. The lowest BCUT2D eigenvalue weighted by Gasteiger charge is -2.05. The zero-order valence-corrected chi connectivity index (χ0v) is 18.0. The van der Waals surface area contributed by atoms with Crippen molar-refractivity contribution in [3.63, 3.8) is 0 Å². The van der Waals surface area contributed by atoms with Crippen LogP contribution >= 0.6 is 0 Å². The van der Waals surface area contributed by atoms with Crippen LogP contribution in [-0.2, 0) is 19.0 Å². The Bertz CT molecular complexity index is 1300. The third-order valence-electron chi connectivity index (χ3n) is 4.74. The minimum absolute atomic E-state index is 0.0661. The van der Waals surface area contributed by atoms with Crippen molar-refractivity contribution in [1.29, 1.82) is 0 Å². The molecule has 0 bridgehead atoms. The first-order valence-corrected chi connectivity index (χ1v) is 10.0. The van der Waals surface area contributed by atoms with Crippen molar-refractivity contribution in [2.45, 2.75) is 19.0 Å². The summed E-state index contributed by atoms with van der Waals surface area (Å²) >= 11 is 0. The Morgan fingerprint density at radius 3 is 1.67 bits per heavy atom. The second-order valence-corrected chi connectivity index (χ2v) is 7.23. The first-order valence-electron chi connectivity index (χ1n) is 10.0. The summed E-state index contributed by atoms with van der Waals surface area (Å²) in [5, 5.41) is 21.2. The molecule has 0 unspecified atom stereocenters. The molecule has 0 saturated carbocycles. The van der Waals surface area contributed by atoms with Crippen molar-refractivity contribution in [3.8, 4) is 22.8 Å². The fraction of sp³-hybridized carbons (Fsp3) is 0.125. The molecule has 0 amide bonds. The number of alkyl halides is 6. The maximum atomic E-state index is 12.5. The summed E-state index contributed by atoms with van der Waals surface area (Å²) in [6.45, 7) is -0.0661. The van der Waals surface area contributed by atoms with E-state index in [1.165, 1.54) is 12.1 Å². The van der Waals surface area contributed by atoms with Crippen LogP contribution in [0.15, 0.2) is 77.3 Å². The fourth-order valence-electron chi connectivity index (χ4n) is 2.82. The number of carbonyl (C=O) groups is 1. The third kappa shape index (κ3) is 6.69. The van der Waals surface area contributed by atoms with Gasteiger partial charge in [0.2, 0.25) is 5.82 Å². The Balaban J connectivity index is 0.000000236. The Labute approximate surface area is 199 Å². The smallest absolute Gasteiger partial charge is 0.416 e. The quantitative estimate of drug-likeness (QED) is 0.312. The minimum atomic E-state index is -4.42. The summed E-state index contributed by atoms with van der Waals surface area (Å²) in [5.74, 6) is -0.780. The highest BCUT2D eigenvalue weighted by Gasteiger charge is 2.31. The molecule has 6 nitrogen and oxygen atoms in total. The number of nitrogens with zero attached hydrogens (tertiary/aromatic N) is 2. The van der Waals surface area contributed by atoms with E-state index in [0.717, 1.165) is 42.0 Å². The van der Waals surface area contributed by atoms with Crippen LogP contribution in [0.4, 0.5) is 26.3 Å². The number of rotatable bonds is 4. The first-order chi connectivity index (χ1) is 16.9. The lowest BCUT2D eigenvalue weighted by molar-refractivity contribution is -0.138. The molecule has 1 heterocycles. The molecule has 4 rings (SSSR count). The largest absolute Gasteiger partial charge is 0.478 e. The molecule has 0 saturated heterocycles. The number of aliphatic hydroxyl groups is 1. The number of aliphatic hydroxyl groups excluding tert-OH is 1. The van der Waals surface area contributed by atoms with E-state index in [9.17, 15) is 31.1 Å². The number of aromatic carboxylic acids is 1. The van der Waals surface area contributed by atoms with Gasteiger partial charge in [0.1, 0.15) is 0 Å². The highest BCUT2D eigenvalue weighted by Crippen LogP contribution is 2.31. The molecule has 1 aromatic heterocycles. The van der Waals surface area contributed by atoms with Gasteiger partial charge < -0.3 is 14.7 Å². The van der Waals surface area contributed by atoms with E-state index < -0.39 is 29.4 Å². The van der Waals surface area contributed by atoms with Crippen molar-refractivity contribution in [3.05, 3.63) is 95.1 Å². The molecule has 4 aromatic rings. The van der Waals surface area contributed by atoms with Crippen LogP contribution in [0.2, 0.25) is 0 Å². The van der Waals surface area contributed by atoms with Gasteiger partial charge in [0, 0.05) is 11.1 Å². The summed E-state index contributed by atoms with van der Waals surface area (Å²) in [6, 6.07) is 14.7. The van der Waals surface area contributed by atoms with Gasteiger partial charge in [0.25, 0.3) is 5.89 Å². The molecule has 0 spiro atoms. The van der Waals surface area contributed by atoms with Crippen molar-refractivity contribution in [2.75, 3.05) is 0 Å². The van der Waals surface area contributed by atoms with Gasteiger partial charge in [-0.05, 0) is 54.1 Å². The molecular formula is C24H16F6N2O4. The van der Waals surface area contributed by atoms with Crippen LogP contribution < -0.4 is 0 Å². The van der Waals surface area contributed by atoms with E-state index in [-0.39, 0.29) is 18.1 Å². The zero-order chi connectivity index (χ0) is 26.5. The predicted octanol–water partition coefficient (Wildman–Crippen LogP) is 6.32. The molecule has 3 aromatic carbocycles. The fourth-order valence-corrected chi connectivity index (χ4v) is 2.82. The Morgan fingerprint density at radius 1 is 0.750 bits per heavy atom. The number of aromatic nitrogens is 2. The van der Waals surface area contributed by atoms with Crippen LogP contribution in [0.1, 0.15) is 27.0 Å². The Hall–Kier alpha value is -4.19. The van der Waals surface area contributed by atoms with E-state index in [1.54, 1.807) is 24.3 Å². The highest BCUT2D eigenvalue weighted by molar-refractivity contribution is 5.87. The second-order valence-electron chi connectivity index (χ2n) is 7.23. The molecule has 0 aliphatic rings. The van der Waals surface area contributed by atoms with Gasteiger partial charge in [-0.3, -0.25) is 0 Å². The van der Waals surface area contributed by atoms with Crippen LogP contribution in [-0.4, -0.2) is 26.3 Å². The summed E-state index contributed by atoms with van der Waals surface area (Å²) in [4.78, 5) is 14.5. The van der Waals surface area contributed by atoms with Gasteiger partial charge in [-0.15, -0.1) is 0 Å². The zero-order valence-electron chi connectivity index (χ0n) is 18.0. The van der Waals surface area contributed by atoms with Gasteiger partial charge in [0.05, 0.1) is 23.3 Å². The van der Waals surface area contributed by atoms with Gasteiger partial charge in [0.15, 0.2) is 0 Å². The number of hydrogen-bond donors (Lipinski definition) is 2. The van der Waals surface area contributed by atoms with E-state index in [0.29, 0.717) is 17.0 Å². The summed E-state index contributed by atoms with van der Waals surface area (Å²) in [6.07, 6.45) is -8.80. The SMILES string of the molecule is O=C(O)c1ccc(C(F)(F)F)cc1.OCc1ccc(-c2noc(-c3ccc(C(F)(F)F)cc3)n2)cc1. The van der Waals surface area contributed by atoms with Crippen molar-refractivity contribution in [2.24, 2.45) is 0 Å². The van der Waals surface area contributed by atoms with Gasteiger partial charge >= 0.3 is 18.3 Å². The Morgan fingerprint density at radius 2 is 1.22 bits per heavy atom. The van der Waals surface area contributed by atoms with Crippen molar-refractivity contribution >= 4 is 5.97 Å². The van der Waals surface area contributed by atoms with E-state index in [4.69, 9.17) is 14.7 Å². The topological polar surface area (TPSA) is 96.5 Å². The molecule has 0 atom stereocenters. The van der Waals surface area contributed by atoms with E-state index >= 15 is 0 Å². The molecule has 2 N–H and O–H groups in total. The number of halogens is 6. The lowest BCUT2D eigenvalue weighted by Crippen LogP contribution is -2.05. The van der Waals surface area contributed by atoms with Crippen LogP contribution in [0.25, 0.3) is 22.8 Å². The maximum absolute atomic E-state index is 12.5. The number of carboxylic acid groups (broad SMARTS) is 1. The highest BCUT2D eigenvalue weighted by atomic mass is 19.4. The predicted molar refractivity (Wildman–Crippen MR) is 114 cm³/mol. The van der Waals surface area contributed by atoms with Crippen molar-refractivity contribution < 1.29 is 45.9 Å². The van der Waals surface area contributed by atoms with Crippen molar-refractivity contribution in [1.82, 2.24) is 10.1 Å². The molecule has 0 aliphatic heterocycles. The third-order valence-corrected chi connectivity index (χ3v) is 4.74. The van der Waals surface area contributed by atoms with Gasteiger partial charge in [-0.2, -0.15) is 31.3 Å². The van der Waals surface area contributed by atoms with Gasteiger partial charge in [-0.1, -0.05) is 29.4 Å². The number of hydrogen-bond acceptors (Lipinski definition) is 5. The van der Waals surface area contributed by atoms with E-state index in [2.05, 4.69) is 10.1 Å². The monoisotopic (exact) mass is 510 g/mol. The molecule has 0 radical (unpaired) electrons. The van der Waals surface area contributed by atoms with Crippen LogP contribution in [0.3, 0.4) is 0 Å². The lowest BCUT2D eigenvalue weighted by atomic mass is 10.1. The Kier molecular flexibility index (Phi) is 7.78. The summed E-state index contributed by atoms with van der Waals surface area (Å²) in [5.41, 5.74) is 0.0964. The molecule has 0 fully saturated rings. The van der Waals surface area contributed by atoms with Gasteiger partial charge in [-0.25, -0.2) is 4.79 Å². The van der Waals surface area contributed by atoms with E-state index in [1.807, 2.05) is 0 Å². The summed E-state index contributed by atoms with van der Waals surface area (Å²) < 4.78 is 78.6. The standard InChI is InChI=1S/C16H11F3N2O2.C8H5F3O2/c17-16(18,19)13-7-5-12(6-8-13)15-20-14(21-23-15)11-3-1-10(9-22)2-4-11;9-8(10,11)6-3-1-5(2-4-6)7(12)13/h1-8,22H,9H2;1-4H,(H,12,13). The first kappa shape index (κ1) is 26.4. The van der Waals surface area contributed by atoms with Crippen LogP contribution in [0, 0.1) is 0 Å². The molecule has 0 aliphatic carbocycles. The maximum Gasteiger partial charge on any atom is 0.416 e. The normalized spacial score (nSPS) is 11.5. The minimum Gasteiger partial charge on any atom is -0.478 e. The molecule has 36 heavy (non-hydrogen) atoms. The molecule has 188 valence electrons. The number of benzene rings is 3. The average Bonchev–Trinajstić information content (AvgIpc) is 3.34. The average molecular weight is 510 g/mol. The molecular weight excluding hydrogens is 494 g/mol. The van der Waals surface area contributed by atoms with Crippen LogP contribution in [0.5, 0.6) is 0 Å². The summed E-state index contributed by atoms with van der Waals surface area (Å²) in [7, 11) is 0. The second kappa shape index (κ2) is 10.6. The molecule has 12 heteroatoms.